The van der Waals surface area contributed by atoms with Gasteiger partial charge in [0.05, 0.1) is 11.4 Å². The van der Waals surface area contributed by atoms with Gasteiger partial charge < -0.3 is 0 Å². The third-order valence-electron chi connectivity index (χ3n) is 5.08. The number of aromatic nitrogens is 3. The number of likely N-dealkylation sites (N-methyl/N-ethyl adjacent to an activating group) is 1. The highest BCUT2D eigenvalue weighted by Gasteiger charge is 2.35. The standard InChI is InChI=1S/C18H27N5O2S/c1-4-22(12-16-7-9-19-10-8-16)17-6-5-11-23(13-17)26(24,25)18-14(2)20-21-15(18)3/h7-10,17H,4-6,11-13H2,1-3H3,(H,20,21)/t17-/m0/s1. The largest absolute Gasteiger partial charge is 0.295 e. The first-order valence-corrected chi connectivity index (χ1v) is 10.5. The van der Waals surface area contributed by atoms with Crippen LogP contribution in [0.4, 0.5) is 0 Å². The Bertz CT molecular complexity index is 815. The van der Waals surface area contributed by atoms with E-state index in [9.17, 15) is 8.42 Å². The number of sulfonamides is 1. The summed E-state index contributed by atoms with van der Waals surface area (Å²) in [5, 5.41) is 6.84. The Kier molecular flexibility index (Phi) is 5.74. The zero-order chi connectivity index (χ0) is 18.7. The van der Waals surface area contributed by atoms with Crippen LogP contribution in [0.2, 0.25) is 0 Å². The molecule has 1 aliphatic rings. The van der Waals surface area contributed by atoms with Gasteiger partial charge in [-0.15, -0.1) is 0 Å². The summed E-state index contributed by atoms with van der Waals surface area (Å²) in [7, 11) is -3.52. The zero-order valence-corrected chi connectivity index (χ0v) is 16.5. The van der Waals surface area contributed by atoms with Gasteiger partial charge in [0.2, 0.25) is 10.0 Å². The highest BCUT2D eigenvalue weighted by Crippen LogP contribution is 2.26. The minimum atomic E-state index is -3.52. The summed E-state index contributed by atoms with van der Waals surface area (Å²) in [5.41, 5.74) is 2.34. The number of nitrogens with zero attached hydrogens (tertiary/aromatic N) is 4. The van der Waals surface area contributed by atoms with E-state index >= 15 is 0 Å². The molecule has 0 spiro atoms. The molecular weight excluding hydrogens is 350 g/mol. The maximum atomic E-state index is 13.1. The number of rotatable bonds is 6. The Morgan fingerprint density at radius 3 is 2.65 bits per heavy atom. The van der Waals surface area contributed by atoms with Crippen molar-refractivity contribution in [3.63, 3.8) is 0 Å². The SMILES string of the molecule is CCN(Cc1ccncc1)[C@H]1CCCN(S(=O)(=O)c2c(C)n[nH]c2C)C1. The Hall–Kier alpha value is -1.77. The summed E-state index contributed by atoms with van der Waals surface area (Å²) < 4.78 is 27.9. The van der Waals surface area contributed by atoms with Crippen LogP contribution in [0.5, 0.6) is 0 Å². The zero-order valence-electron chi connectivity index (χ0n) is 15.6. The first-order chi connectivity index (χ1) is 12.4. The average molecular weight is 378 g/mol. The second-order valence-corrected chi connectivity index (χ2v) is 8.72. The first kappa shape index (κ1) is 19.0. The minimum absolute atomic E-state index is 0.212. The predicted octanol–water partition coefficient (Wildman–Crippen LogP) is 2.10. The topological polar surface area (TPSA) is 82.2 Å². The highest BCUT2D eigenvalue weighted by atomic mass is 32.2. The van der Waals surface area contributed by atoms with E-state index in [-0.39, 0.29) is 6.04 Å². The second kappa shape index (κ2) is 7.85. The molecule has 3 rings (SSSR count). The van der Waals surface area contributed by atoms with E-state index in [1.165, 1.54) is 5.56 Å². The molecule has 1 N–H and O–H groups in total. The molecule has 8 heteroatoms. The Balaban J connectivity index is 1.78. The molecule has 0 aliphatic carbocycles. The van der Waals surface area contributed by atoms with Crippen molar-refractivity contribution in [3.8, 4) is 0 Å². The van der Waals surface area contributed by atoms with E-state index in [0.717, 1.165) is 25.9 Å². The van der Waals surface area contributed by atoms with Crippen LogP contribution < -0.4 is 0 Å². The van der Waals surface area contributed by atoms with Crippen LogP contribution in [0.25, 0.3) is 0 Å². The van der Waals surface area contributed by atoms with Crippen molar-refractivity contribution in [2.45, 2.75) is 51.1 Å². The molecule has 0 aromatic carbocycles. The number of hydrogen-bond donors (Lipinski definition) is 1. The van der Waals surface area contributed by atoms with Gasteiger partial charge in [-0.05, 0) is 50.9 Å². The molecular formula is C18H27N5O2S. The quantitative estimate of drug-likeness (QED) is 0.834. The van der Waals surface area contributed by atoms with Crippen molar-refractivity contribution < 1.29 is 8.42 Å². The lowest BCUT2D eigenvalue weighted by molar-refractivity contribution is 0.134. The molecule has 1 atom stereocenters. The number of aryl methyl sites for hydroxylation is 2. The van der Waals surface area contributed by atoms with Crippen LogP contribution in [0.15, 0.2) is 29.4 Å². The van der Waals surface area contributed by atoms with E-state index in [4.69, 9.17) is 0 Å². The molecule has 7 nitrogen and oxygen atoms in total. The summed E-state index contributed by atoms with van der Waals surface area (Å²) in [6.45, 7) is 8.39. The van der Waals surface area contributed by atoms with Crippen LogP contribution in [0.3, 0.4) is 0 Å². The monoisotopic (exact) mass is 377 g/mol. The predicted molar refractivity (Wildman–Crippen MR) is 100 cm³/mol. The van der Waals surface area contributed by atoms with Gasteiger partial charge in [0, 0.05) is 38.1 Å². The fourth-order valence-corrected chi connectivity index (χ4v) is 5.56. The lowest BCUT2D eigenvalue weighted by Gasteiger charge is -2.38. The van der Waals surface area contributed by atoms with Crippen molar-refractivity contribution in [2.24, 2.45) is 0 Å². The smallest absolute Gasteiger partial charge is 0.246 e. The van der Waals surface area contributed by atoms with Crippen molar-refractivity contribution in [3.05, 3.63) is 41.5 Å². The Morgan fingerprint density at radius 1 is 1.31 bits per heavy atom. The molecule has 26 heavy (non-hydrogen) atoms. The summed E-state index contributed by atoms with van der Waals surface area (Å²) in [6.07, 6.45) is 5.47. The lowest BCUT2D eigenvalue weighted by Crippen LogP contribution is -2.49. The van der Waals surface area contributed by atoms with E-state index in [0.29, 0.717) is 29.4 Å². The summed E-state index contributed by atoms with van der Waals surface area (Å²) >= 11 is 0. The normalized spacial score (nSPS) is 19.2. The van der Waals surface area contributed by atoms with Crippen LogP contribution in [0.1, 0.15) is 36.7 Å². The average Bonchev–Trinajstić information content (AvgIpc) is 2.99. The second-order valence-electron chi connectivity index (χ2n) is 6.84. The highest BCUT2D eigenvalue weighted by molar-refractivity contribution is 7.89. The minimum Gasteiger partial charge on any atom is -0.295 e. The van der Waals surface area contributed by atoms with Gasteiger partial charge in [0.25, 0.3) is 0 Å². The molecule has 0 bridgehead atoms. The van der Waals surface area contributed by atoms with E-state index in [2.05, 4.69) is 27.0 Å². The fourth-order valence-electron chi connectivity index (χ4n) is 3.71. The number of H-pyrrole nitrogens is 1. The van der Waals surface area contributed by atoms with Gasteiger partial charge in [-0.3, -0.25) is 15.0 Å². The molecule has 1 fully saturated rings. The van der Waals surface area contributed by atoms with Crippen molar-refractivity contribution in [1.82, 2.24) is 24.4 Å². The fraction of sp³-hybridized carbons (Fsp3) is 0.556. The van der Waals surface area contributed by atoms with E-state index in [1.54, 1.807) is 30.5 Å². The van der Waals surface area contributed by atoms with Gasteiger partial charge in [0.1, 0.15) is 4.90 Å². The molecule has 3 heterocycles. The van der Waals surface area contributed by atoms with Crippen LogP contribution in [-0.4, -0.2) is 58.5 Å². The molecule has 142 valence electrons. The van der Waals surface area contributed by atoms with Gasteiger partial charge in [-0.1, -0.05) is 6.92 Å². The first-order valence-electron chi connectivity index (χ1n) is 9.08. The number of aromatic amines is 1. The molecule has 0 saturated carbocycles. The molecule has 1 aliphatic heterocycles. The number of piperidine rings is 1. The van der Waals surface area contributed by atoms with Gasteiger partial charge >= 0.3 is 0 Å². The van der Waals surface area contributed by atoms with Gasteiger partial charge in [-0.2, -0.15) is 9.40 Å². The Morgan fingerprint density at radius 2 is 2.04 bits per heavy atom. The summed E-state index contributed by atoms with van der Waals surface area (Å²) in [5.74, 6) is 0. The van der Waals surface area contributed by atoms with Crippen molar-refractivity contribution in [1.29, 1.82) is 0 Å². The van der Waals surface area contributed by atoms with Gasteiger partial charge in [0.15, 0.2) is 0 Å². The number of hydrogen-bond acceptors (Lipinski definition) is 5. The van der Waals surface area contributed by atoms with Crippen LogP contribution in [-0.2, 0) is 16.6 Å². The van der Waals surface area contributed by atoms with Crippen molar-refractivity contribution >= 4 is 10.0 Å². The summed E-state index contributed by atoms with van der Waals surface area (Å²) in [4.78, 5) is 6.75. The third-order valence-corrected chi connectivity index (χ3v) is 7.20. The molecule has 0 unspecified atom stereocenters. The molecule has 2 aromatic heterocycles. The lowest BCUT2D eigenvalue weighted by atomic mass is 10.1. The third kappa shape index (κ3) is 3.82. The van der Waals surface area contributed by atoms with Crippen LogP contribution in [0, 0.1) is 13.8 Å². The van der Waals surface area contributed by atoms with E-state index < -0.39 is 10.0 Å². The Labute approximate surface area is 155 Å². The van der Waals surface area contributed by atoms with Crippen molar-refractivity contribution in [2.75, 3.05) is 19.6 Å². The summed E-state index contributed by atoms with van der Waals surface area (Å²) in [6, 6.07) is 4.24. The molecule has 1 saturated heterocycles. The number of pyridine rings is 1. The molecule has 0 amide bonds. The molecule has 0 radical (unpaired) electrons. The van der Waals surface area contributed by atoms with Crippen LogP contribution >= 0.6 is 0 Å². The molecule has 2 aromatic rings. The maximum Gasteiger partial charge on any atom is 0.246 e. The van der Waals surface area contributed by atoms with E-state index in [1.807, 2.05) is 12.1 Å². The maximum absolute atomic E-state index is 13.1. The van der Waals surface area contributed by atoms with Gasteiger partial charge in [-0.25, -0.2) is 8.42 Å². The number of nitrogens with one attached hydrogen (secondary N) is 1.